The summed E-state index contributed by atoms with van der Waals surface area (Å²) in [6.45, 7) is 7.06. The minimum absolute atomic E-state index is 0.122. The van der Waals surface area contributed by atoms with Crippen molar-refractivity contribution in [1.29, 1.82) is 0 Å². The van der Waals surface area contributed by atoms with Crippen molar-refractivity contribution < 1.29 is 9.32 Å². The number of anilines is 1. The maximum Gasteiger partial charge on any atom is 0.254 e. The third-order valence-electron chi connectivity index (χ3n) is 5.20. The smallest absolute Gasteiger partial charge is 0.254 e. The molecule has 0 bridgehead atoms. The lowest BCUT2D eigenvalue weighted by Gasteiger charge is -2.36. The van der Waals surface area contributed by atoms with Crippen molar-refractivity contribution in [3.05, 3.63) is 65.5 Å². The first-order valence-corrected chi connectivity index (χ1v) is 9.68. The van der Waals surface area contributed by atoms with Gasteiger partial charge in [0.25, 0.3) is 5.91 Å². The number of benzene rings is 2. The van der Waals surface area contributed by atoms with Crippen molar-refractivity contribution in [2.45, 2.75) is 20.3 Å². The summed E-state index contributed by atoms with van der Waals surface area (Å²) in [5.74, 6) is 1.39. The van der Waals surface area contributed by atoms with E-state index < -0.39 is 0 Å². The summed E-state index contributed by atoms with van der Waals surface area (Å²) in [6, 6.07) is 16.0. The molecule has 6 heteroatoms. The molecule has 1 amide bonds. The van der Waals surface area contributed by atoms with Crippen molar-refractivity contribution in [2.75, 3.05) is 31.1 Å². The molecule has 0 radical (unpaired) electrons. The first-order valence-electron chi connectivity index (χ1n) is 9.68. The normalized spacial score (nSPS) is 14.4. The molecule has 2 aromatic carbocycles. The highest BCUT2D eigenvalue weighted by atomic mass is 16.5. The van der Waals surface area contributed by atoms with Gasteiger partial charge in [0.1, 0.15) is 0 Å². The average Bonchev–Trinajstić information content (AvgIpc) is 3.23. The van der Waals surface area contributed by atoms with Gasteiger partial charge in [-0.15, -0.1) is 0 Å². The van der Waals surface area contributed by atoms with Crippen LogP contribution in [0, 0.1) is 6.92 Å². The van der Waals surface area contributed by atoms with Crippen LogP contribution in [0.25, 0.3) is 11.4 Å². The zero-order chi connectivity index (χ0) is 19.5. The summed E-state index contributed by atoms with van der Waals surface area (Å²) in [4.78, 5) is 21.4. The number of rotatable bonds is 4. The fourth-order valence-corrected chi connectivity index (χ4v) is 3.49. The van der Waals surface area contributed by atoms with Crippen LogP contribution in [0.2, 0.25) is 0 Å². The second-order valence-corrected chi connectivity index (χ2v) is 7.01. The van der Waals surface area contributed by atoms with Crippen LogP contribution in [0.15, 0.2) is 53.1 Å². The van der Waals surface area contributed by atoms with Gasteiger partial charge in [0.15, 0.2) is 0 Å². The second kappa shape index (κ2) is 7.84. The van der Waals surface area contributed by atoms with Gasteiger partial charge in [-0.05, 0) is 42.8 Å². The Morgan fingerprint density at radius 2 is 1.75 bits per heavy atom. The molecule has 0 N–H and O–H groups in total. The molecule has 28 heavy (non-hydrogen) atoms. The topological polar surface area (TPSA) is 62.5 Å². The molecule has 4 rings (SSSR count). The first-order chi connectivity index (χ1) is 13.7. The maximum absolute atomic E-state index is 12.8. The van der Waals surface area contributed by atoms with E-state index in [2.05, 4.69) is 27.2 Å². The summed E-state index contributed by atoms with van der Waals surface area (Å²) in [7, 11) is 0. The van der Waals surface area contributed by atoms with Crippen LogP contribution < -0.4 is 4.90 Å². The number of hydrogen-bond acceptors (Lipinski definition) is 5. The number of aryl methyl sites for hydroxylation is 2. The minimum Gasteiger partial charge on any atom is -0.368 e. The highest BCUT2D eigenvalue weighted by Crippen LogP contribution is 2.23. The zero-order valence-electron chi connectivity index (χ0n) is 16.3. The highest BCUT2D eigenvalue weighted by Gasteiger charge is 2.23. The Morgan fingerprint density at radius 1 is 1.04 bits per heavy atom. The Kier molecular flexibility index (Phi) is 5.10. The number of hydrogen-bond donors (Lipinski definition) is 0. The molecule has 1 aliphatic rings. The molecular weight excluding hydrogens is 352 g/mol. The van der Waals surface area contributed by atoms with Gasteiger partial charge in [0, 0.05) is 49.4 Å². The van der Waals surface area contributed by atoms with E-state index >= 15 is 0 Å². The molecule has 0 spiro atoms. The number of carbonyl (C=O) groups is 1. The van der Waals surface area contributed by atoms with Gasteiger partial charge in [-0.2, -0.15) is 4.98 Å². The quantitative estimate of drug-likeness (QED) is 0.697. The lowest BCUT2D eigenvalue weighted by atomic mass is 10.1. The molecule has 2 heterocycles. The molecule has 0 unspecified atom stereocenters. The van der Waals surface area contributed by atoms with Crippen LogP contribution in [0.4, 0.5) is 5.69 Å². The lowest BCUT2D eigenvalue weighted by molar-refractivity contribution is 0.0746. The maximum atomic E-state index is 12.8. The summed E-state index contributed by atoms with van der Waals surface area (Å²) < 4.78 is 5.18. The monoisotopic (exact) mass is 376 g/mol. The van der Waals surface area contributed by atoms with E-state index in [-0.39, 0.29) is 5.91 Å². The highest BCUT2D eigenvalue weighted by molar-refractivity contribution is 5.95. The summed E-state index contributed by atoms with van der Waals surface area (Å²) in [5, 5.41) is 4.02. The summed E-state index contributed by atoms with van der Waals surface area (Å²) in [5.41, 5.74) is 3.91. The van der Waals surface area contributed by atoms with E-state index in [1.807, 2.05) is 55.1 Å². The molecule has 1 fully saturated rings. The van der Waals surface area contributed by atoms with Gasteiger partial charge in [-0.25, -0.2) is 0 Å². The van der Waals surface area contributed by atoms with E-state index in [1.165, 1.54) is 0 Å². The molecule has 6 nitrogen and oxygen atoms in total. The molecule has 0 saturated carbocycles. The average molecular weight is 376 g/mol. The largest absolute Gasteiger partial charge is 0.368 e. The first kappa shape index (κ1) is 18.2. The van der Waals surface area contributed by atoms with Crippen LogP contribution in [0.5, 0.6) is 0 Å². The van der Waals surface area contributed by atoms with E-state index in [0.29, 0.717) is 11.7 Å². The number of aromatic nitrogens is 2. The number of piperazine rings is 1. The molecule has 3 aromatic rings. The van der Waals surface area contributed by atoms with Gasteiger partial charge >= 0.3 is 0 Å². The second-order valence-electron chi connectivity index (χ2n) is 7.01. The molecule has 144 valence electrons. The molecule has 0 atom stereocenters. The Bertz CT molecular complexity index is 957. The standard InChI is InChI=1S/C22H24N4O2/c1-3-20-23-21(24-28-20)17-8-10-18(11-9-17)25-12-14-26(15-13-25)22(27)19-7-5-4-6-16(19)2/h4-11H,3,12-15H2,1-2H3. The predicted molar refractivity (Wildman–Crippen MR) is 108 cm³/mol. The van der Waals surface area contributed by atoms with Crippen molar-refractivity contribution >= 4 is 11.6 Å². The lowest BCUT2D eigenvalue weighted by Crippen LogP contribution is -2.48. The molecule has 1 aromatic heterocycles. The van der Waals surface area contributed by atoms with Crippen LogP contribution >= 0.6 is 0 Å². The number of carbonyl (C=O) groups excluding carboxylic acids is 1. The molecular formula is C22H24N4O2. The van der Waals surface area contributed by atoms with Crippen LogP contribution in [-0.2, 0) is 6.42 Å². The molecule has 0 aliphatic carbocycles. The fourth-order valence-electron chi connectivity index (χ4n) is 3.49. The third-order valence-corrected chi connectivity index (χ3v) is 5.20. The minimum atomic E-state index is 0.122. The van der Waals surface area contributed by atoms with Crippen molar-refractivity contribution in [2.24, 2.45) is 0 Å². The Balaban J connectivity index is 1.40. The van der Waals surface area contributed by atoms with E-state index in [4.69, 9.17) is 4.52 Å². The summed E-state index contributed by atoms with van der Waals surface area (Å²) in [6.07, 6.45) is 0.733. The van der Waals surface area contributed by atoms with E-state index in [1.54, 1.807) is 0 Å². The molecule has 1 aliphatic heterocycles. The third kappa shape index (κ3) is 3.63. The van der Waals surface area contributed by atoms with Crippen molar-refractivity contribution in [3.63, 3.8) is 0 Å². The van der Waals surface area contributed by atoms with Crippen molar-refractivity contribution in [3.8, 4) is 11.4 Å². The Hall–Kier alpha value is -3.15. The van der Waals surface area contributed by atoms with Gasteiger partial charge in [-0.1, -0.05) is 30.3 Å². The van der Waals surface area contributed by atoms with Gasteiger partial charge in [0.2, 0.25) is 11.7 Å². The Labute approximate surface area is 164 Å². The Morgan fingerprint density at radius 3 is 2.39 bits per heavy atom. The predicted octanol–water partition coefficient (Wildman–Crippen LogP) is 3.57. The summed E-state index contributed by atoms with van der Waals surface area (Å²) >= 11 is 0. The number of nitrogens with zero attached hydrogens (tertiary/aromatic N) is 4. The SMILES string of the molecule is CCc1nc(-c2ccc(N3CCN(C(=O)c4ccccc4C)CC3)cc2)no1. The van der Waals surface area contributed by atoms with Crippen molar-refractivity contribution in [1.82, 2.24) is 15.0 Å². The van der Waals surface area contributed by atoms with Crippen LogP contribution in [-0.4, -0.2) is 47.1 Å². The van der Waals surface area contributed by atoms with Crippen LogP contribution in [0.1, 0.15) is 28.7 Å². The zero-order valence-corrected chi connectivity index (χ0v) is 16.3. The molecule has 1 saturated heterocycles. The van der Waals surface area contributed by atoms with Gasteiger partial charge in [0.05, 0.1) is 0 Å². The van der Waals surface area contributed by atoms with Gasteiger partial charge < -0.3 is 14.3 Å². The van der Waals surface area contributed by atoms with E-state index in [9.17, 15) is 4.79 Å². The van der Waals surface area contributed by atoms with Gasteiger partial charge in [-0.3, -0.25) is 4.79 Å². The van der Waals surface area contributed by atoms with E-state index in [0.717, 1.165) is 55.0 Å². The fraction of sp³-hybridized carbons (Fsp3) is 0.318. The number of amides is 1. The van der Waals surface area contributed by atoms with Crippen LogP contribution in [0.3, 0.4) is 0 Å².